The molecule has 0 unspecified atom stereocenters. The Kier molecular flexibility index (Phi) is 5.34. The van der Waals surface area contributed by atoms with E-state index in [0.29, 0.717) is 23.8 Å². The maximum atomic E-state index is 10.6. The lowest BCUT2D eigenvalue weighted by Gasteiger charge is -1.93. The Morgan fingerprint density at radius 1 is 1.18 bits per heavy atom. The number of carboxylic acid groups (broad SMARTS) is 1. The van der Waals surface area contributed by atoms with Gasteiger partial charge in [-0.1, -0.05) is 29.4 Å². The van der Waals surface area contributed by atoms with Crippen LogP contribution in [0, 0.1) is 0 Å². The van der Waals surface area contributed by atoms with Crippen LogP contribution in [-0.2, 0) is 11.2 Å². The molecule has 0 amide bonds. The second-order valence-corrected chi connectivity index (χ2v) is 5.47. The van der Waals surface area contributed by atoms with Crippen molar-refractivity contribution in [1.29, 1.82) is 0 Å². The molecule has 4 aromatic rings. The summed E-state index contributed by atoms with van der Waals surface area (Å²) in [6, 6.07) is 11.7. The van der Waals surface area contributed by atoms with E-state index in [1.165, 1.54) is 0 Å². The lowest BCUT2D eigenvalue weighted by molar-refractivity contribution is -0.192. The summed E-state index contributed by atoms with van der Waals surface area (Å²) < 4.78 is 37.1. The molecule has 0 radical (unpaired) electrons. The number of para-hydroxylation sites is 1. The van der Waals surface area contributed by atoms with Gasteiger partial charge >= 0.3 is 12.1 Å². The minimum Gasteiger partial charge on any atom is -0.475 e. The molecule has 4 rings (SSSR count). The zero-order chi connectivity index (χ0) is 20.1. The molecule has 3 heterocycles. The van der Waals surface area contributed by atoms with Crippen LogP contribution in [0.15, 0.2) is 53.3 Å². The second-order valence-electron chi connectivity index (χ2n) is 5.47. The normalized spacial score (nSPS) is 11.1. The van der Waals surface area contributed by atoms with Crippen molar-refractivity contribution in [2.24, 2.45) is 0 Å². The number of carbonyl (C=O) groups is 1. The van der Waals surface area contributed by atoms with Gasteiger partial charge in [0.25, 0.3) is 5.89 Å². The van der Waals surface area contributed by atoms with E-state index in [-0.39, 0.29) is 0 Å². The molecule has 1 aromatic carbocycles. The number of fused-ring (bicyclic) bond motifs is 1. The molecule has 0 aliphatic heterocycles. The fourth-order valence-electron chi connectivity index (χ4n) is 2.23. The molecule has 2 N–H and O–H groups in total. The predicted molar refractivity (Wildman–Crippen MR) is 90.1 cm³/mol. The standard InChI is InChI=1S/C15H11N5O.C2HF3O2/c1-2-6-12-11(5-1)14(19-18-12)15-17-13(20-21-15)8-10-4-3-7-16-9-10;3-2(4,5)1(6)7/h1-7,9H,8H2,(H,18,19);(H,6,7). The molecule has 11 heteroatoms. The summed E-state index contributed by atoms with van der Waals surface area (Å²) in [4.78, 5) is 17.4. The molecule has 0 atom stereocenters. The Balaban J connectivity index is 0.000000279. The summed E-state index contributed by atoms with van der Waals surface area (Å²) >= 11 is 0. The van der Waals surface area contributed by atoms with Crippen molar-refractivity contribution in [2.75, 3.05) is 0 Å². The number of nitrogens with zero attached hydrogens (tertiary/aromatic N) is 4. The number of aliphatic carboxylic acids is 1. The first-order valence-corrected chi connectivity index (χ1v) is 7.79. The van der Waals surface area contributed by atoms with Crippen molar-refractivity contribution in [3.63, 3.8) is 0 Å². The van der Waals surface area contributed by atoms with Gasteiger partial charge in [0.2, 0.25) is 0 Å². The Morgan fingerprint density at radius 2 is 1.93 bits per heavy atom. The number of pyridine rings is 1. The number of nitrogens with one attached hydrogen (secondary N) is 1. The minimum absolute atomic E-state index is 0.423. The highest BCUT2D eigenvalue weighted by molar-refractivity contribution is 5.90. The van der Waals surface area contributed by atoms with Gasteiger partial charge in [0.05, 0.1) is 5.52 Å². The molecule has 3 aromatic heterocycles. The quantitative estimate of drug-likeness (QED) is 0.550. The molecule has 0 saturated carbocycles. The Labute approximate surface area is 155 Å². The van der Waals surface area contributed by atoms with Gasteiger partial charge in [0.1, 0.15) is 0 Å². The molecule has 8 nitrogen and oxygen atoms in total. The molecule has 28 heavy (non-hydrogen) atoms. The maximum Gasteiger partial charge on any atom is 0.490 e. The largest absolute Gasteiger partial charge is 0.490 e. The van der Waals surface area contributed by atoms with Gasteiger partial charge in [-0.15, -0.1) is 0 Å². The minimum atomic E-state index is -5.08. The van der Waals surface area contributed by atoms with Crippen LogP contribution in [0.25, 0.3) is 22.5 Å². The van der Waals surface area contributed by atoms with Crippen LogP contribution in [-0.4, -0.2) is 42.6 Å². The van der Waals surface area contributed by atoms with E-state index in [0.717, 1.165) is 16.5 Å². The molecule has 0 aliphatic carbocycles. The predicted octanol–water partition coefficient (Wildman–Crippen LogP) is 3.23. The van der Waals surface area contributed by atoms with Gasteiger partial charge in [-0.25, -0.2) is 4.79 Å². The van der Waals surface area contributed by atoms with Gasteiger partial charge in [0.15, 0.2) is 11.5 Å². The van der Waals surface area contributed by atoms with Gasteiger partial charge in [-0.2, -0.15) is 23.3 Å². The highest BCUT2D eigenvalue weighted by Gasteiger charge is 2.38. The molecule has 0 saturated heterocycles. The van der Waals surface area contributed by atoms with Crippen molar-refractivity contribution in [2.45, 2.75) is 12.6 Å². The summed E-state index contributed by atoms with van der Waals surface area (Å²) in [7, 11) is 0. The van der Waals surface area contributed by atoms with Gasteiger partial charge in [0, 0.05) is 24.2 Å². The number of H-pyrrole nitrogens is 1. The molecule has 0 bridgehead atoms. The van der Waals surface area contributed by atoms with Crippen molar-refractivity contribution >= 4 is 16.9 Å². The number of carboxylic acids is 1. The van der Waals surface area contributed by atoms with E-state index >= 15 is 0 Å². The zero-order valence-electron chi connectivity index (χ0n) is 14.0. The van der Waals surface area contributed by atoms with E-state index in [1.807, 2.05) is 36.4 Å². The third-order valence-corrected chi connectivity index (χ3v) is 3.47. The monoisotopic (exact) mass is 391 g/mol. The number of halogens is 3. The lowest BCUT2D eigenvalue weighted by Crippen LogP contribution is -2.21. The molecule has 144 valence electrons. The van der Waals surface area contributed by atoms with E-state index in [2.05, 4.69) is 25.3 Å². The summed E-state index contributed by atoms with van der Waals surface area (Å²) in [5.74, 6) is -1.72. The first-order chi connectivity index (χ1) is 13.3. The lowest BCUT2D eigenvalue weighted by atomic mass is 10.2. The average molecular weight is 391 g/mol. The maximum absolute atomic E-state index is 10.6. The number of aromatic nitrogens is 5. The van der Waals surface area contributed by atoms with Crippen molar-refractivity contribution < 1.29 is 27.6 Å². The van der Waals surface area contributed by atoms with Crippen LogP contribution >= 0.6 is 0 Å². The van der Waals surface area contributed by atoms with E-state index < -0.39 is 12.1 Å². The Hall–Kier alpha value is -3.76. The van der Waals surface area contributed by atoms with E-state index in [1.54, 1.807) is 12.4 Å². The third-order valence-electron chi connectivity index (χ3n) is 3.47. The van der Waals surface area contributed by atoms with Crippen molar-refractivity contribution in [3.05, 3.63) is 60.2 Å². The second kappa shape index (κ2) is 7.86. The fraction of sp³-hybridized carbons (Fsp3) is 0.118. The average Bonchev–Trinajstić information content (AvgIpc) is 3.29. The fourth-order valence-corrected chi connectivity index (χ4v) is 2.23. The van der Waals surface area contributed by atoms with Crippen LogP contribution in [0.1, 0.15) is 11.4 Å². The number of rotatable bonds is 3. The summed E-state index contributed by atoms with van der Waals surface area (Å²) in [6.45, 7) is 0. The van der Waals surface area contributed by atoms with Crippen molar-refractivity contribution in [3.8, 4) is 11.6 Å². The zero-order valence-corrected chi connectivity index (χ0v) is 14.0. The first-order valence-electron chi connectivity index (χ1n) is 7.79. The third kappa shape index (κ3) is 4.50. The SMILES string of the molecule is O=C(O)C(F)(F)F.c1cncc(Cc2noc(-c3n[nH]c4ccccc34)n2)c1. The number of alkyl halides is 3. The van der Waals surface area contributed by atoms with Crippen LogP contribution in [0.2, 0.25) is 0 Å². The number of hydrogen-bond donors (Lipinski definition) is 2. The molecular formula is C17H12F3N5O3. The van der Waals surface area contributed by atoms with E-state index in [9.17, 15) is 13.2 Å². The highest BCUT2D eigenvalue weighted by Crippen LogP contribution is 2.24. The first kappa shape index (κ1) is 19.0. The molecular weight excluding hydrogens is 379 g/mol. The summed E-state index contributed by atoms with van der Waals surface area (Å²) in [5.41, 5.74) is 2.66. The molecule has 0 aliphatic rings. The topological polar surface area (TPSA) is 118 Å². The number of benzene rings is 1. The van der Waals surface area contributed by atoms with Crippen LogP contribution in [0.3, 0.4) is 0 Å². The summed E-state index contributed by atoms with van der Waals surface area (Å²) in [5, 5.41) is 19.3. The van der Waals surface area contributed by atoms with Crippen LogP contribution in [0.5, 0.6) is 0 Å². The number of aromatic amines is 1. The highest BCUT2D eigenvalue weighted by atomic mass is 19.4. The molecule has 0 fully saturated rings. The van der Waals surface area contributed by atoms with Gasteiger partial charge < -0.3 is 9.63 Å². The van der Waals surface area contributed by atoms with E-state index in [4.69, 9.17) is 14.4 Å². The van der Waals surface area contributed by atoms with Crippen LogP contribution < -0.4 is 0 Å². The van der Waals surface area contributed by atoms with Crippen molar-refractivity contribution in [1.82, 2.24) is 25.3 Å². The summed E-state index contributed by atoms with van der Waals surface area (Å²) in [6.07, 6.45) is -0.972. The smallest absolute Gasteiger partial charge is 0.475 e. The Bertz CT molecular complexity index is 1080. The number of hydrogen-bond acceptors (Lipinski definition) is 6. The van der Waals surface area contributed by atoms with Crippen LogP contribution in [0.4, 0.5) is 13.2 Å². The molecule has 0 spiro atoms. The van der Waals surface area contributed by atoms with Gasteiger partial charge in [-0.3, -0.25) is 10.1 Å². The van der Waals surface area contributed by atoms with Gasteiger partial charge in [-0.05, 0) is 17.7 Å². The Morgan fingerprint density at radius 3 is 2.61 bits per heavy atom.